The first-order valence-corrected chi connectivity index (χ1v) is 22.6. The fraction of sp³-hybridized carbons (Fsp3) is 0.177. The van der Waals surface area contributed by atoms with Crippen LogP contribution in [0.2, 0.25) is 0 Å². The maximum atomic E-state index is 15.1. The number of halogens is 1. The molecule has 10 aromatic rings. The first-order valence-electron chi connectivity index (χ1n) is 26.1. The Morgan fingerprint density at radius 2 is 1.03 bits per heavy atom. The van der Waals surface area contributed by atoms with E-state index in [-0.39, 0.29) is 33.4 Å². The Bertz CT molecular complexity index is 3550. The highest BCUT2D eigenvalue weighted by molar-refractivity contribution is 6.09. The lowest BCUT2D eigenvalue weighted by molar-refractivity contribution is 0.512. The summed E-state index contributed by atoms with van der Waals surface area (Å²) in [5, 5.41) is 1.21. The van der Waals surface area contributed by atoms with E-state index in [9.17, 15) is 5.48 Å². The second-order valence-corrected chi connectivity index (χ2v) is 18.6. The van der Waals surface area contributed by atoms with Crippen LogP contribution < -0.4 is 0 Å². The van der Waals surface area contributed by atoms with Gasteiger partial charge in [0.15, 0.2) is 11.4 Å². The third-order valence-corrected chi connectivity index (χ3v) is 12.8. The summed E-state index contributed by atoms with van der Waals surface area (Å²) in [5.41, 5.74) is 7.80. The van der Waals surface area contributed by atoms with Gasteiger partial charge >= 0.3 is 0 Å². The van der Waals surface area contributed by atoms with Crippen molar-refractivity contribution in [3.05, 3.63) is 233 Å². The maximum Gasteiger partial charge on any atom is 0.171 e. The molecule has 0 saturated heterocycles. The quantitative estimate of drug-likeness (QED) is 0.116. The van der Waals surface area contributed by atoms with Crippen molar-refractivity contribution in [3.63, 3.8) is 0 Å². The minimum absolute atomic E-state index is 0.0369. The Balaban J connectivity index is 1.09. The van der Waals surface area contributed by atoms with Crippen LogP contribution in [0.3, 0.4) is 0 Å². The van der Waals surface area contributed by atoms with Gasteiger partial charge in [0, 0.05) is 55.6 Å². The number of benzene rings is 6. The average Bonchev–Trinajstić information content (AvgIpc) is 3.80. The summed E-state index contributed by atoms with van der Waals surface area (Å²) in [6.07, 6.45) is 0.475. The minimum Gasteiger partial charge on any atom is -0.452 e. The van der Waals surface area contributed by atoms with Crippen LogP contribution in [0.4, 0.5) is 4.39 Å². The van der Waals surface area contributed by atoms with E-state index in [4.69, 9.17) is 23.5 Å². The molecule has 4 heterocycles. The van der Waals surface area contributed by atoms with E-state index < -0.39 is 36.2 Å². The molecule has 0 spiro atoms. The van der Waals surface area contributed by atoms with Crippen LogP contribution in [0, 0.1) is 12.7 Å². The highest BCUT2D eigenvalue weighted by Crippen LogP contribution is 2.39. The number of rotatable bonds is 13. The third-order valence-electron chi connectivity index (χ3n) is 12.8. The standard InChI is InChI=1S/C62H54FN3O/c1-41-16-12-13-21-50(41)54-35-58(53-24-14-22-51-52-23-15-25-55(63)60(52)67-59(51)53)64-38-47(54)27-26-42-32-43(36-61(2,3)48-28-30-56(65-39-48)45-17-8-6-9-18-45)34-44(33-42)37-62(4,5)49-29-31-57(66-40-49)46-19-10-7-11-20-46/h6-25,28-35,38-40H,26-27,36-37H2,1-5H3/i1D3,26D2,27D2. The number of para-hydroxylation sites is 2. The zero-order chi connectivity index (χ0) is 52.2. The topological polar surface area (TPSA) is 51.8 Å². The Morgan fingerprint density at radius 1 is 0.493 bits per heavy atom. The smallest absolute Gasteiger partial charge is 0.171 e. The lowest BCUT2D eigenvalue weighted by Gasteiger charge is -2.28. The predicted octanol–water partition coefficient (Wildman–Crippen LogP) is 15.7. The summed E-state index contributed by atoms with van der Waals surface area (Å²) in [4.78, 5) is 14.5. The van der Waals surface area contributed by atoms with Crippen LogP contribution in [0.5, 0.6) is 0 Å². The molecule has 0 atom stereocenters. The second-order valence-electron chi connectivity index (χ2n) is 18.6. The number of aromatic nitrogens is 3. The lowest BCUT2D eigenvalue weighted by Crippen LogP contribution is -2.23. The first-order chi connectivity index (χ1) is 35.2. The zero-order valence-corrected chi connectivity index (χ0v) is 37.9. The number of pyridine rings is 3. The Kier molecular flexibility index (Phi) is 9.63. The van der Waals surface area contributed by atoms with Crippen LogP contribution in [0.25, 0.3) is 66.8 Å². The van der Waals surface area contributed by atoms with Crippen molar-refractivity contribution < 1.29 is 18.4 Å². The maximum absolute atomic E-state index is 15.1. The Hall–Kier alpha value is -7.50. The van der Waals surface area contributed by atoms with Crippen molar-refractivity contribution in [2.24, 2.45) is 0 Å². The van der Waals surface area contributed by atoms with Gasteiger partial charge in [0.2, 0.25) is 0 Å². The summed E-state index contributed by atoms with van der Waals surface area (Å²) in [6, 6.07) is 51.8. The van der Waals surface area contributed by atoms with Crippen molar-refractivity contribution in [1.29, 1.82) is 0 Å². The van der Waals surface area contributed by atoms with Gasteiger partial charge in [0.05, 0.1) is 17.1 Å². The largest absolute Gasteiger partial charge is 0.452 e. The number of aryl methyl sites for hydroxylation is 3. The van der Waals surface area contributed by atoms with E-state index in [0.29, 0.717) is 40.5 Å². The zero-order valence-electron chi connectivity index (χ0n) is 44.9. The van der Waals surface area contributed by atoms with Crippen molar-refractivity contribution in [2.75, 3.05) is 0 Å². The van der Waals surface area contributed by atoms with E-state index in [1.54, 1.807) is 60.7 Å². The van der Waals surface area contributed by atoms with E-state index >= 15 is 4.39 Å². The molecule has 0 amide bonds. The summed E-state index contributed by atoms with van der Waals surface area (Å²) in [6.45, 7) is 5.89. The summed E-state index contributed by atoms with van der Waals surface area (Å²) >= 11 is 0. The van der Waals surface area contributed by atoms with Gasteiger partial charge < -0.3 is 4.42 Å². The fourth-order valence-corrected chi connectivity index (χ4v) is 9.18. The summed E-state index contributed by atoms with van der Waals surface area (Å²) < 4.78 is 87.0. The van der Waals surface area contributed by atoms with Crippen molar-refractivity contribution in [3.8, 4) is 44.9 Å². The number of nitrogens with zero attached hydrogens (tertiary/aromatic N) is 3. The molecule has 0 fully saturated rings. The molecule has 10 rings (SSSR count). The van der Waals surface area contributed by atoms with E-state index in [1.807, 2.05) is 91.3 Å². The Labute approximate surface area is 403 Å². The average molecular weight is 883 g/mol. The molecule has 6 aromatic carbocycles. The minimum atomic E-state index is -2.82. The highest BCUT2D eigenvalue weighted by atomic mass is 19.1. The van der Waals surface area contributed by atoms with Gasteiger partial charge in [0.25, 0.3) is 0 Å². The van der Waals surface area contributed by atoms with Crippen LogP contribution >= 0.6 is 0 Å². The molecule has 0 bridgehead atoms. The number of furan rings is 1. The van der Waals surface area contributed by atoms with Crippen molar-refractivity contribution in [2.45, 2.75) is 71.0 Å². The van der Waals surface area contributed by atoms with Gasteiger partial charge in [-0.15, -0.1) is 0 Å². The molecule has 5 heteroatoms. The molecule has 330 valence electrons. The third kappa shape index (κ3) is 9.07. The molecular formula is C62H54FN3O. The van der Waals surface area contributed by atoms with Gasteiger partial charge in [-0.25, -0.2) is 4.39 Å². The molecule has 0 radical (unpaired) electrons. The first kappa shape index (κ1) is 35.7. The van der Waals surface area contributed by atoms with Crippen LogP contribution in [0.15, 0.2) is 193 Å². The molecule has 4 aromatic heterocycles. The monoisotopic (exact) mass is 882 g/mol. The van der Waals surface area contributed by atoms with Crippen molar-refractivity contribution in [1.82, 2.24) is 15.0 Å². The lowest BCUT2D eigenvalue weighted by atomic mass is 9.77. The van der Waals surface area contributed by atoms with Crippen LogP contribution in [-0.2, 0) is 36.4 Å². The van der Waals surface area contributed by atoms with Crippen LogP contribution in [-0.4, -0.2) is 15.0 Å². The second kappa shape index (κ2) is 18.1. The molecule has 0 unspecified atom stereocenters. The predicted molar refractivity (Wildman–Crippen MR) is 274 cm³/mol. The van der Waals surface area contributed by atoms with E-state index in [1.165, 1.54) is 18.3 Å². The highest BCUT2D eigenvalue weighted by Gasteiger charge is 2.26. The van der Waals surface area contributed by atoms with Gasteiger partial charge in [-0.3, -0.25) is 15.0 Å². The molecular weight excluding hydrogens is 822 g/mol. The van der Waals surface area contributed by atoms with Gasteiger partial charge in [-0.2, -0.15) is 0 Å². The molecule has 0 aliphatic heterocycles. The molecule has 0 saturated carbocycles. The molecule has 67 heavy (non-hydrogen) atoms. The fourth-order valence-electron chi connectivity index (χ4n) is 9.18. The van der Waals surface area contributed by atoms with Gasteiger partial charge in [-0.1, -0.05) is 167 Å². The normalized spacial score (nSPS) is 14.1. The van der Waals surface area contributed by atoms with Crippen LogP contribution in [0.1, 0.15) is 76.2 Å². The SMILES string of the molecule is [2H]C([2H])([2H])c1ccccc1-c1cc(-c2cccc3c2oc2c(F)cccc23)ncc1C([2H])([2H])C([2H])([2H])c1cc(CC(C)(C)c2ccc(-c3ccccc3)nc2)cc(CC(C)(C)c2ccc(-c3ccccc3)nc2)c1. The molecule has 4 nitrogen and oxygen atoms in total. The molecule has 0 aliphatic rings. The van der Waals surface area contributed by atoms with Gasteiger partial charge in [0.1, 0.15) is 5.58 Å². The number of hydrogen-bond acceptors (Lipinski definition) is 4. The van der Waals surface area contributed by atoms with Gasteiger partial charge in [-0.05, 0) is 124 Å². The number of fused-ring (bicyclic) bond motifs is 3. The summed E-state index contributed by atoms with van der Waals surface area (Å²) in [5.74, 6) is -0.529. The number of hydrogen-bond donors (Lipinski definition) is 0. The van der Waals surface area contributed by atoms with Crippen molar-refractivity contribution >= 4 is 21.9 Å². The Morgan fingerprint density at radius 3 is 1.63 bits per heavy atom. The van der Waals surface area contributed by atoms with E-state index in [0.717, 1.165) is 44.8 Å². The molecule has 0 aliphatic carbocycles. The van der Waals surface area contributed by atoms with E-state index in [2.05, 4.69) is 45.9 Å². The molecule has 0 N–H and O–H groups in total. The summed E-state index contributed by atoms with van der Waals surface area (Å²) in [7, 11) is 0.